The number of aliphatic hydroxyl groups is 1. The van der Waals surface area contributed by atoms with Crippen molar-refractivity contribution < 1.29 is 45.9 Å². The molecule has 1 N–H and O–H groups in total. The number of pyridine rings is 1. The van der Waals surface area contributed by atoms with Crippen LogP contribution >= 0.6 is 0 Å². The molecule has 3 aromatic rings. The SMILES string of the molecule is CC(=O)O[C@H]1CC[C@@]2(C)C(C[C@H](OC(C)=O)[C@@]3(C)Oc4cc(-c5cccnc5)oc(=O)c4[C@H](O)C23)[C@]1(C)COS(=O)(=O)c1ccccc1. The molecule has 2 saturated carbocycles. The van der Waals surface area contributed by atoms with E-state index in [9.17, 15) is 27.9 Å². The Morgan fingerprint density at radius 2 is 1.71 bits per heavy atom. The van der Waals surface area contributed by atoms with Crippen LogP contribution in [0, 0.1) is 22.7 Å². The van der Waals surface area contributed by atoms with Gasteiger partial charge in [-0.3, -0.25) is 18.8 Å². The van der Waals surface area contributed by atoms with Gasteiger partial charge in [0.2, 0.25) is 0 Å². The van der Waals surface area contributed by atoms with Gasteiger partial charge in [0.1, 0.15) is 34.9 Å². The Morgan fingerprint density at radius 1 is 1.02 bits per heavy atom. The third-order valence-electron chi connectivity index (χ3n) is 10.7. The number of rotatable bonds is 7. The molecule has 3 aliphatic rings. The first-order valence-electron chi connectivity index (χ1n) is 15.8. The number of nitrogens with zero attached hydrogens (tertiary/aromatic N) is 1. The fraction of sp³-hybridized carbons (Fsp3) is 0.486. The third-order valence-corrected chi connectivity index (χ3v) is 12.0. The van der Waals surface area contributed by atoms with Gasteiger partial charge in [0.05, 0.1) is 17.6 Å². The summed E-state index contributed by atoms with van der Waals surface area (Å²) in [6, 6.07) is 12.6. The van der Waals surface area contributed by atoms with Crippen LogP contribution < -0.4 is 10.4 Å². The molecule has 0 saturated heterocycles. The van der Waals surface area contributed by atoms with Crippen molar-refractivity contribution in [3.05, 3.63) is 76.9 Å². The highest BCUT2D eigenvalue weighted by Gasteiger charge is 2.70. The molecule has 1 aliphatic heterocycles. The smallest absolute Gasteiger partial charge is 0.345 e. The molecule has 8 atom stereocenters. The molecule has 13 heteroatoms. The molecule has 256 valence electrons. The first-order chi connectivity index (χ1) is 22.6. The molecule has 0 radical (unpaired) electrons. The molecule has 2 unspecified atom stereocenters. The molecular formula is C35H39NO11S. The van der Waals surface area contributed by atoms with Crippen molar-refractivity contribution in [3.8, 4) is 17.1 Å². The van der Waals surface area contributed by atoms with Crippen LogP contribution in [0.3, 0.4) is 0 Å². The van der Waals surface area contributed by atoms with Gasteiger partial charge in [-0.1, -0.05) is 32.0 Å². The minimum atomic E-state index is -4.22. The summed E-state index contributed by atoms with van der Waals surface area (Å²) >= 11 is 0. The van der Waals surface area contributed by atoms with Crippen molar-refractivity contribution in [3.63, 3.8) is 0 Å². The summed E-state index contributed by atoms with van der Waals surface area (Å²) in [4.78, 5) is 42.6. The summed E-state index contributed by atoms with van der Waals surface area (Å²) < 4.78 is 56.4. The number of fused-ring (bicyclic) bond motifs is 4. The highest BCUT2D eigenvalue weighted by Crippen LogP contribution is 2.67. The Hall–Kier alpha value is -4.07. The number of ether oxygens (including phenoxy) is 3. The van der Waals surface area contributed by atoms with Crippen LogP contribution in [0.4, 0.5) is 0 Å². The fourth-order valence-corrected chi connectivity index (χ4v) is 9.68. The second-order valence-electron chi connectivity index (χ2n) is 13.7. The van der Waals surface area contributed by atoms with Crippen LogP contribution in [-0.4, -0.2) is 54.9 Å². The second-order valence-corrected chi connectivity index (χ2v) is 15.3. The summed E-state index contributed by atoms with van der Waals surface area (Å²) in [6.07, 6.45) is 0.817. The quantitative estimate of drug-likeness (QED) is 0.272. The lowest BCUT2D eigenvalue weighted by atomic mass is 9.42. The minimum Gasteiger partial charge on any atom is -0.482 e. The Kier molecular flexibility index (Phi) is 8.54. The number of aromatic nitrogens is 1. The summed E-state index contributed by atoms with van der Waals surface area (Å²) in [5, 5.41) is 12.2. The van der Waals surface area contributed by atoms with Crippen LogP contribution in [-0.2, 0) is 33.4 Å². The number of hydrogen-bond donors (Lipinski definition) is 1. The fourth-order valence-electron chi connectivity index (χ4n) is 8.64. The number of carbonyl (C=O) groups is 2. The number of esters is 2. The van der Waals surface area contributed by atoms with Gasteiger partial charge in [0, 0.05) is 49.2 Å². The van der Waals surface area contributed by atoms with Crippen molar-refractivity contribution in [1.29, 1.82) is 0 Å². The zero-order valence-electron chi connectivity index (χ0n) is 27.4. The van der Waals surface area contributed by atoms with Crippen molar-refractivity contribution in [2.45, 2.75) is 82.7 Å². The van der Waals surface area contributed by atoms with Crippen molar-refractivity contribution in [2.75, 3.05) is 6.61 Å². The van der Waals surface area contributed by atoms with Crippen LogP contribution in [0.5, 0.6) is 5.75 Å². The molecule has 6 rings (SSSR count). The van der Waals surface area contributed by atoms with Crippen molar-refractivity contribution >= 4 is 22.1 Å². The first kappa shape index (κ1) is 33.8. The van der Waals surface area contributed by atoms with Crippen LogP contribution in [0.25, 0.3) is 11.3 Å². The van der Waals surface area contributed by atoms with Gasteiger partial charge < -0.3 is 23.7 Å². The molecule has 2 aromatic heterocycles. The van der Waals surface area contributed by atoms with E-state index >= 15 is 0 Å². The molecule has 12 nitrogen and oxygen atoms in total. The molecule has 0 bridgehead atoms. The number of benzene rings is 1. The number of hydrogen-bond acceptors (Lipinski definition) is 12. The van der Waals surface area contributed by atoms with Crippen LogP contribution in [0.1, 0.15) is 65.5 Å². The summed E-state index contributed by atoms with van der Waals surface area (Å²) in [7, 11) is -4.22. The lowest BCUT2D eigenvalue weighted by molar-refractivity contribution is -0.269. The van der Waals surface area contributed by atoms with E-state index in [4.69, 9.17) is 22.8 Å². The lowest BCUT2D eigenvalue weighted by Crippen LogP contribution is -2.71. The Morgan fingerprint density at radius 3 is 2.35 bits per heavy atom. The maximum atomic E-state index is 13.6. The van der Waals surface area contributed by atoms with Gasteiger partial charge in [0.25, 0.3) is 10.1 Å². The third kappa shape index (κ3) is 5.61. The van der Waals surface area contributed by atoms with E-state index in [1.807, 2.05) is 6.92 Å². The van der Waals surface area contributed by atoms with E-state index in [0.717, 1.165) is 0 Å². The van der Waals surface area contributed by atoms with Crippen LogP contribution in [0.2, 0.25) is 0 Å². The Balaban J connectivity index is 1.46. The van der Waals surface area contributed by atoms with Crippen molar-refractivity contribution in [1.82, 2.24) is 4.98 Å². The molecule has 0 amide bonds. The molecule has 2 aliphatic carbocycles. The first-order valence-corrected chi connectivity index (χ1v) is 17.3. The molecular weight excluding hydrogens is 642 g/mol. The Labute approximate surface area is 278 Å². The lowest BCUT2D eigenvalue weighted by Gasteiger charge is -2.66. The van der Waals surface area contributed by atoms with E-state index in [1.54, 1.807) is 50.4 Å². The molecule has 0 spiro atoms. The largest absolute Gasteiger partial charge is 0.482 e. The van der Waals surface area contributed by atoms with E-state index in [0.29, 0.717) is 18.4 Å². The summed E-state index contributed by atoms with van der Waals surface area (Å²) in [6.45, 7) is 7.67. The van der Waals surface area contributed by atoms with E-state index in [-0.39, 0.29) is 35.0 Å². The Bertz CT molecular complexity index is 1880. The number of aliphatic hydroxyl groups excluding tert-OH is 1. The highest BCUT2D eigenvalue weighted by molar-refractivity contribution is 7.86. The standard InChI is InChI=1S/C35H39NO11S/c1-20(37)44-27-13-14-33(3)26(34(27,4)19-43-48(41,42)23-11-7-6-8-12-23)17-28(45-21(2)38)35(5)31(33)30(39)29-25(47-35)16-24(46-32(29)40)22-10-9-15-36-18-22/h6-12,15-16,18,26-28,30-31,39H,13-14,17,19H2,1-5H3/t26?,27-,28-,30-,31?,33-,34-,35+/m0/s1. The van der Waals surface area contributed by atoms with Crippen molar-refractivity contribution in [2.24, 2.45) is 22.7 Å². The topological polar surface area (TPSA) is 169 Å². The maximum absolute atomic E-state index is 13.6. The van der Waals surface area contributed by atoms with Gasteiger partial charge in [-0.15, -0.1) is 0 Å². The highest BCUT2D eigenvalue weighted by atomic mass is 32.2. The van der Waals surface area contributed by atoms with Gasteiger partial charge in [-0.25, -0.2) is 4.79 Å². The zero-order valence-corrected chi connectivity index (χ0v) is 28.2. The summed E-state index contributed by atoms with van der Waals surface area (Å²) in [5.41, 5.74) is -3.70. The number of carbonyl (C=O) groups excluding carboxylic acids is 2. The second kappa shape index (κ2) is 12.1. The van der Waals surface area contributed by atoms with E-state index in [1.165, 1.54) is 38.2 Å². The van der Waals surface area contributed by atoms with E-state index in [2.05, 4.69) is 4.98 Å². The summed E-state index contributed by atoms with van der Waals surface area (Å²) in [5.74, 6) is -2.25. The predicted octanol–water partition coefficient (Wildman–Crippen LogP) is 4.60. The average Bonchev–Trinajstić information content (AvgIpc) is 3.03. The maximum Gasteiger partial charge on any atom is 0.345 e. The minimum absolute atomic E-state index is 0.0321. The monoisotopic (exact) mass is 681 g/mol. The zero-order chi connectivity index (χ0) is 34.6. The molecule has 1 aromatic carbocycles. The van der Waals surface area contributed by atoms with E-state index < -0.39 is 74.3 Å². The van der Waals surface area contributed by atoms with Gasteiger partial charge >= 0.3 is 17.6 Å². The molecule has 3 heterocycles. The normalized spacial score (nSPS) is 32.5. The average molecular weight is 682 g/mol. The van der Waals surface area contributed by atoms with Gasteiger partial charge in [-0.2, -0.15) is 8.42 Å². The van der Waals surface area contributed by atoms with Gasteiger partial charge in [-0.05, 0) is 61.8 Å². The predicted molar refractivity (Wildman–Crippen MR) is 170 cm³/mol. The van der Waals surface area contributed by atoms with Gasteiger partial charge in [0.15, 0.2) is 0 Å². The molecule has 48 heavy (non-hydrogen) atoms. The molecule has 2 fully saturated rings. The van der Waals surface area contributed by atoms with Crippen LogP contribution in [0.15, 0.2) is 75.0 Å².